The van der Waals surface area contributed by atoms with Crippen LogP contribution in [0.2, 0.25) is 0 Å². The van der Waals surface area contributed by atoms with Crippen LogP contribution in [0.4, 0.5) is 11.4 Å². The second-order valence-electron chi connectivity index (χ2n) is 7.81. The molecule has 8 heteroatoms. The number of anilines is 1. The van der Waals surface area contributed by atoms with E-state index in [0.29, 0.717) is 22.2 Å². The van der Waals surface area contributed by atoms with Crippen molar-refractivity contribution in [2.45, 2.75) is 19.0 Å². The lowest BCUT2D eigenvalue weighted by Gasteiger charge is -2.26. The maximum Gasteiger partial charge on any atom is 0.280 e. The van der Waals surface area contributed by atoms with Crippen LogP contribution in [0.5, 0.6) is 0 Å². The van der Waals surface area contributed by atoms with Crippen molar-refractivity contribution in [1.82, 2.24) is 10.3 Å². The smallest absolute Gasteiger partial charge is 0.280 e. The molecular formula is C25H20N4O3S. The summed E-state index contributed by atoms with van der Waals surface area (Å²) < 4.78 is 6.25. The standard InChI is InChI=1S/C25H20N4O3S/c1-16-9-11-17(12-10-16)28-24(23(27-25(28)33)19-7-4-5-15-26-19)22-14-13-21(32-22)18-6-2-3-8-20(18)29(30)31/h2-15,23-24H,1H3,(H,27,33)/t23-,24+/m0/s1. The molecule has 4 aromatic rings. The zero-order valence-corrected chi connectivity index (χ0v) is 18.5. The normalized spacial score (nSPS) is 17.7. The number of furan rings is 1. The Bertz CT molecular complexity index is 1320. The molecule has 2 aromatic heterocycles. The van der Waals surface area contributed by atoms with E-state index in [0.717, 1.165) is 16.9 Å². The molecule has 0 spiro atoms. The lowest BCUT2D eigenvalue weighted by atomic mass is 10.0. The average molecular weight is 457 g/mol. The lowest BCUT2D eigenvalue weighted by Crippen LogP contribution is -2.29. The minimum Gasteiger partial charge on any atom is -0.459 e. The van der Waals surface area contributed by atoms with Crippen LogP contribution in [0, 0.1) is 17.0 Å². The number of rotatable bonds is 5. The number of pyridine rings is 1. The van der Waals surface area contributed by atoms with Crippen molar-refractivity contribution >= 4 is 28.7 Å². The van der Waals surface area contributed by atoms with E-state index in [2.05, 4.69) is 10.3 Å². The molecule has 0 bridgehead atoms. The van der Waals surface area contributed by atoms with Crippen molar-refractivity contribution in [2.24, 2.45) is 0 Å². The molecule has 0 amide bonds. The molecular weight excluding hydrogens is 436 g/mol. The Morgan fingerprint density at radius 3 is 2.52 bits per heavy atom. The first-order valence-corrected chi connectivity index (χ1v) is 10.8. The zero-order valence-electron chi connectivity index (χ0n) is 17.7. The molecule has 5 rings (SSSR count). The van der Waals surface area contributed by atoms with E-state index in [4.69, 9.17) is 16.6 Å². The molecule has 0 saturated carbocycles. The van der Waals surface area contributed by atoms with Crippen LogP contribution in [0.25, 0.3) is 11.3 Å². The van der Waals surface area contributed by atoms with Gasteiger partial charge in [-0.25, -0.2) is 0 Å². The van der Waals surface area contributed by atoms with Gasteiger partial charge < -0.3 is 14.6 Å². The predicted octanol–water partition coefficient (Wildman–Crippen LogP) is 5.74. The quantitative estimate of drug-likeness (QED) is 0.233. The number of para-hydroxylation sites is 1. The highest BCUT2D eigenvalue weighted by atomic mass is 32.1. The number of nitro benzene ring substituents is 1. The number of hydrogen-bond acceptors (Lipinski definition) is 5. The van der Waals surface area contributed by atoms with E-state index in [1.807, 2.05) is 60.4 Å². The molecule has 1 aliphatic heterocycles. The van der Waals surface area contributed by atoms with Gasteiger partial charge in [-0.1, -0.05) is 35.9 Å². The van der Waals surface area contributed by atoms with Gasteiger partial charge in [0.2, 0.25) is 0 Å². The highest BCUT2D eigenvalue weighted by Crippen LogP contribution is 2.43. The molecule has 3 heterocycles. The highest BCUT2D eigenvalue weighted by molar-refractivity contribution is 7.80. The van der Waals surface area contributed by atoms with Crippen molar-refractivity contribution in [1.29, 1.82) is 0 Å². The average Bonchev–Trinajstić information content (AvgIpc) is 3.45. The molecule has 1 fully saturated rings. The molecule has 0 unspecified atom stereocenters. The van der Waals surface area contributed by atoms with E-state index >= 15 is 0 Å². The van der Waals surface area contributed by atoms with Crippen LogP contribution in [0.3, 0.4) is 0 Å². The number of thiocarbonyl (C=S) groups is 1. The summed E-state index contributed by atoms with van der Waals surface area (Å²) in [4.78, 5) is 17.7. The van der Waals surface area contributed by atoms with Gasteiger partial charge in [-0.15, -0.1) is 0 Å². The van der Waals surface area contributed by atoms with Crippen molar-refractivity contribution in [3.05, 3.63) is 112 Å². The van der Waals surface area contributed by atoms with Crippen molar-refractivity contribution in [2.75, 3.05) is 4.90 Å². The molecule has 1 saturated heterocycles. The third-order valence-corrected chi connectivity index (χ3v) is 6.01. The van der Waals surface area contributed by atoms with Gasteiger partial charge in [0.25, 0.3) is 5.69 Å². The summed E-state index contributed by atoms with van der Waals surface area (Å²) in [5, 5.41) is 15.5. The van der Waals surface area contributed by atoms with Crippen LogP contribution in [-0.4, -0.2) is 15.0 Å². The summed E-state index contributed by atoms with van der Waals surface area (Å²) in [6.07, 6.45) is 1.74. The van der Waals surface area contributed by atoms with Crippen LogP contribution in [0.15, 0.2) is 89.5 Å². The first-order valence-electron chi connectivity index (χ1n) is 10.4. The summed E-state index contributed by atoms with van der Waals surface area (Å²) in [5.74, 6) is 1.06. The van der Waals surface area contributed by atoms with E-state index < -0.39 is 4.92 Å². The van der Waals surface area contributed by atoms with Crippen LogP contribution in [0.1, 0.15) is 29.1 Å². The van der Waals surface area contributed by atoms with Gasteiger partial charge in [-0.2, -0.15) is 0 Å². The van der Waals surface area contributed by atoms with Gasteiger partial charge in [0.15, 0.2) is 5.11 Å². The first kappa shape index (κ1) is 20.8. The summed E-state index contributed by atoms with van der Waals surface area (Å²) in [5.41, 5.74) is 3.31. The summed E-state index contributed by atoms with van der Waals surface area (Å²) in [7, 11) is 0. The van der Waals surface area contributed by atoms with Crippen LogP contribution in [-0.2, 0) is 0 Å². The minimum absolute atomic E-state index is 0.00451. The Morgan fingerprint density at radius 1 is 1.03 bits per heavy atom. The summed E-state index contributed by atoms with van der Waals surface area (Å²) >= 11 is 5.72. The third-order valence-electron chi connectivity index (χ3n) is 5.69. The Morgan fingerprint density at radius 2 is 1.79 bits per heavy atom. The van der Waals surface area contributed by atoms with Gasteiger partial charge >= 0.3 is 0 Å². The maximum atomic E-state index is 11.5. The van der Waals surface area contributed by atoms with E-state index in [-0.39, 0.29) is 17.8 Å². The Labute approximate surface area is 195 Å². The van der Waals surface area contributed by atoms with Gasteiger partial charge in [0.1, 0.15) is 17.6 Å². The van der Waals surface area contributed by atoms with Gasteiger partial charge in [-0.3, -0.25) is 15.1 Å². The minimum atomic E-state index is -0.404. The van der Waals surface area contributed by atoms with Crippen LogP contribution < -0.4 is 10.2 Å². The van der Waals surface area contributed by atoms with E-state index in [1.54, 1.807) is 30.5 Å². The number of hydrogen-bond donors (Lipinski definition) is 1. The predicted molar refractivity (Wildman–Crippen MR) is 130 cm³/mol. The van der Waals surface area contributed by atoms with Crippen molar-refractivity contribution in [3.8, 4) is 11.3 Å². The molecule has 33 heavy (non-hydrogen) atoms. The molecule has 7 nitrogen and oxygen atoms in total. The molecule has 2 aromatic carbocycles. The monoisotopic (exact) mass is 456 g/mol. The second kappa shape index (κ2) is 8.48. The number of aromatic nitrogens is 1. The first-order chi connectivity index (χ1) is 16.0. The van der Waals surface area contributed by atoms with Gasteiger partial charge in [0, 0.05) is 18.0 Å². The maximum absolute atomic E-state index is 11.5. The summed E-state index contributed by atoms with van der Waals surface area (Å²) in [6, 6.07) is 23.4. The zero-order chi connectivity index (χ0) is 22.9. The fraction of sp³-hybridized carbons (Fsp3) is 0.120. The number of aryl methyl sites for hydroxylation is 1. The Hall–Kier alpha value is -4.04. The highest BCUT2D eigenvalue weighted by Gasteiger charge is 2.42. The number of nitrogens with one attached hydrogen (secondary N) is 1. The fourth-order valence-electron chi connectivity index (χ4n) is 4.13. The Kier molecular flexibility index (Phi) is 5.35. The molecule has 1 aliphatic rings. The second-order valence-corrected chi connectivity index (χ2v) is 8.20. The number of nitro groups is 1. The topological polar surface area (TPSA) is 84.4 Å². The molecule has 2 atom stereocenters. The van der Waals surface area contributed by atoms with Crippen molar-refractivity contribution in [3.63, 3.8) is 0 Å². The van der Waals surface area contributed by atoms with E-state index in [1.165, 1.54) is 6.07 Å². The van der Waals surface area contributed by atoms with Gasteiger partial charge in [-0.05, 0) is 61.6 Å². The molecule has 0 radical (unpaired) electrons. The SMILES string of the molecule is Cc1ccc(N2C(=S)N[C@@H](c3ccccn3)[C@H]2c2ccc(-c3ccccc3[N+](=O)[O-])o2)cc1. The van der Waals surface area contributed by atoms with Crippen molar-refractivity contribution < 1.29 is 9.34 Å². The number of benzene rings is 2. The molecule has 164 valence electrons. The van der Waals surface area contributed by atoms with Gasteiger partial charge in [0.05, 0.1) is 22.2 Å². The third kappa shape index (κ3) is 3.85. The lowest BCUT2D eigenvalue weighted by molar-refractivity contribution is -0.384. The summed E-state index contributed by atoms with van der Waals surface area (Å²) in [6.45, 7) is 2.03. The number of nitrogens with zero attached hydrogens (tertiary/aromatic N) is 3. The molecule has 0 aliphatic carbocycles. The Balaban J connectivity index is 1.61. The largest absolute Gasteiger partial charge is 0.459 e. The fourth-order valence-corrected chi connectivity index (χ4v) is 4.47. The van der Waals surface area contributed by atoms with Crippen LogP contribution >= 0.6 is 12.2 Å². The molecule has 1 N–H and O–H groups in total. The van der Waals surface area contributed by atoms with E-state index in [9.17, 15) is 10.1 Å².